The van der Waals surface area contributed by atoms with Gasteiger partial charge in [-0.05, 0) is 30.3 Å². The molecule has 0 unspecified atom stereocenters. The van der Waals surface area contributed by atoms with Gasteiger partial charge in [0.2, 0.25) is 0 Å². The summed E-state index contributed by atoms with van der Waals surface area (Å²) in [6.45, 7) is 5.06. The van der Waals surface area contributed by atoms with Crippen LogP contribution in [0.2, 0.25) is 0 Å². The van der Waals surface area contributed by atoms with Crippen molar-refractivity contribution in [2.75, 3.05) is 6.54 Å². The van der Waals surface area contributed by atoms with Crippen molar-refractivity contribution in [1.29, 1.82) is 0 Å². The Morgan fingerprint density at radius 3 is 2.74 bits per heavy atom. The number of H-pyrrole nitrogens is 1. The molecule has 2 aromatic carbocycles. The van der Waals surface area contributed by atoms with E-state index in [2.05, 4.69) is 71.5 Å². The molecule has 0 saturated carbocycles. The lowest BCUT2D eigenvalue weighted by molar-refractivity contribution is 0.272. The molecule has 3 nitrogen and oxygen atoms in total. The number of aromatic amines is 1. The van der Waals surface area contributed by atoms with Crippen LogP contribution in [0.4, 0.5) is 0 Å². The van der Waals surface area contributed by atoms with Gasteiger partial charge in [-0.1, -0.05) is 37.3 Å². The predicted octanol–water partition coefficient (Wildman–Crippen LogP) is 4.80. The van der Waals surface area contributed by atoms with Crippen molar-refractivity contribution in [2.24, 2.45) is 0 Å². The zero-order valence-corrected chi connectivity index (χ0v) is 13.9. The smallest absolute Gasteiger partial charge is 0.108 e. The second-order valence-electron chi connectivity index (χ2n) is 5.74. The van der Waals surface area contributed by atoms with Crippen molar-refractivity contribution < 1.29 is 0 Å². The molecular weight excluding hydrogens is 302 g/mol. The van der Waals surface area contributed by atoms with Gasteiger partial charge in [0, 0.05) is 23.6 Å². The van der Waals surface area contributed by atoms with E-state index >= 15 is 0 Å². The monoisotopic (exact) mass is 321 g/mol. The van der Waals surface area contributed by atoms with Crippen LogP contribution in [0.1, 0.15) is 17.5 Å². The first-order chi connectivity index (χ1) is 11.3. The number of thiazole rings is 1. The summed E-state index contributed by atoms with van der Waals surface area (Å²) in [7, 11) is 0. The summed E-state index contributed by atoms with van der Waals surface area (Å²) in [4.78, 5) is 10.6. The summed E-state index contributed by atoms with van der Waals surface area (Å²) in [6.07, 6.45) is 2.13. The van der Waals surface area contributed by atoms with E-state index in [0.29, 0.717) is 0 Å². The molecule has 0 aliphatic carbocycles. The van der Waals surface area contributed by atoms with Gasteiger partial charge in [-0.15, -0.1) is 11.3 Å². The molecular formula is C19H19N3S. The largest absolute Gasteiger partial charge is 0.361 e. The molecule has 0 bridgehead atoms. The van der Waals surface area contributed by atoms with Gasteiger partial charge in [-0.3, -0.25) is 4.90 Å². The van der Waals surface area contributed by atoms with Gasteiger partial charge in [-0.2, -0.15) is 0 Å². The molecule has 0 aliphatic rings. The fourth-order valence-electron chi connectivity index (χ4n) is 2.96. The Balaban J connectivity index is 1.56. The molecule has 0 atom stereocenters. The van der Waals surface area contributed by atoms with E-state index < -0.39 is 0 Å². The van der Waals surface area contributed by atoms with Crippen LogP contribution in [0.15, 0.2) is 54.7 Å². The third kappa shape index (κ3) is 2.87. The zero-order valence-electron chi connectivity index (χ0n) is 13.1. The first kappa shape index (κ1) is 14.4. The Morgan fingerprint density at radius 1 is 1.04 bits per heavy atom. The Labute approximate surface area is 139 Å². The standard InChI is InChI=1S/C19H19N3S/c1-2-22(12-14-11-20-16-8-4-3-7-15(14)16)13-19-21-17-9-5-6-10-18(17)23-19/h3-11,20H,2,12-13H2,1H3. The molecule has 4 heteroatoms. The third-order valence-corrected chi connectivity index (χ3v) is 5.23. The summed E-state index contributed by atoms with van der Waals surface area (Å²) >= 11 is 1.80. The summed E-state index contributed by atoms with van der Waals surface area (Å²) in [5.41, 5.74) is 3.66. The van der Waals surface area contributed by atoms with Gasteiger partial charge >= 0.3 is 0 Å². The number of aromatic nitrogens is 2. The second kappa shape index (κ2) is 6.14. The number of nitrogens with zero attached hydrogens (tertiary/aromatic N) is 2. The first-order valence-electron chi connectivity index (χ1n) is 7.95. The molecule has 4 aromatic rings. The van der Waals surface area contributed by atoms with E-state index in [1.165, 1.54) is 26.2 Å². The summed E-state index contributed by atoms with van der Waals surface area (Å²) in [5, 5.41) is 2.50. The van der Waals surface area contributed by atoms with E-state index in [9.17, 15) is 0 Å². The SMILES string of the molecule is CCN(Cc1nc2ccccc2s1)Cc1c[nH]c2ccccc12. The van der Waals surface area contributed by atoms with Gasteiger partial charge < -0.3 is 4.98 Å². The molecule has 0 fully saturated rings. The lowest BCUT2D eigenvalue weighted by Crippen LogP contribution is -2.22. The molecule has 0 saturated heterocycles. The number of fused-ring (bicyclic) bond motifs is 2. The highest BCUT2D eigenvalue weighted by Gasteiger charge is 2.11. The average molecular weight is 321 g/mol. The van der Waals surface area contributed by atoms with Crippen LogP contribution in [0, 0.1) is 0 Å². The van der Waals surface area contributed by atoms with Crippen LogP contribution in [0.5, 0.6) is 0 Å². The van der Waals surface area contributed by atoms with Crippen LogP contribution in [0.3, 0.4) is 0 Å². The summed E-state index contributed by atoms with van der Waals surface area (Å²) in [6, 6.07) is 16.8. The third-order valence-electron chi connectivity index (χ3n) is 4.21. The molecule has 23 heavy (non-hydrogen) atoms. The second-order valence-corrected chi connectivity index (χ2v) is 6.85. The van der Waals surface area contributed by atoms with E-state index in [4.69, 9.17) is 4.98 Å². The predicted molar refractivity (Wildman–Crippen MR) is 97.7 cm³/mol. The zero-order chi connectivity index (χ0) is 15.6. The van der Waals surface area contributed by atoms with Crippen LogP contribution in [0.25, 0.3) is 21.1 Å². The maximum Gasteiger partial charge on any atom is 0.108 e. The number of hydrogen-bond acceptors (Lipinski definition) is 3. The highest BCUT2D eigenvalue weighted by molar-refractivity contribution is 7.18. The summed E-state index contributed by atoms with van der Waals surface area (Å²) in [5.74, 6) is 0. The van der Waals surface area contributed by atoms with Crippen molar-refractivity contribution in [3.63, 3.8) is 0 Å². The molecule has 4 rings (SSSR count). The number of hydrogen-bond donors (Lipinski definition) is 1. The van der Waals surface area contributed by atoms with Gasteiger partial charge in [0.1, 0.15) is 5.01 Å². The van der Waals surface area contributed by atoms with Gasteiger partial charge in [-0.25, -0.2) is 4.98 Å². The topological polar surface area (TPSA) is 31.9 Å². The highest BCUT2D eigenvalue weighted by atomic mass is 32.1. The average Bonchev–Trinajstić information content (AvgIpc) is 3.18. The minimum Gasteiger partial charge on any atom is -0.361 e. The van der Waals surface area contributed by atoms with E-state index in [1.54, 1.807) is 11.3 Å². The van der Waals surface area contributed by atoms with E-state index in [-0.39, 0.29) is 0 Å². The number of nitrogens with one attached hydrogen (secondary N) is 1. The maximum atomic E-state index is 4.76. The molecule has 0 amide bonds. The lowest BCUT2D eigenvalue weighted by atomic mass is 10.1. The first-order valence-corrected chi connectivity index (χ1v) is 8.77. The van der Waals surface area contributed by atoms with Crippen molar-refractivity contribution in [1.82, 2.24) is 14.9 Å². The molecule has 0 spiro atoms. The molecule has 1 N–H and O–H groups in total. The maximum absolute atomic E-state index is 4.76. The summed E-state index contributed by atoms with van der Waals surface area (Å²) < 4.78 is 1.27. The van der Waals surface area contributed by atoms with Gasteiger partial charge in [0.15, 0.2) is 0 Å². The molecule has 0 aliphatic heterocycles. The fraction of sp³-hybridized carbons (Fsp3) is 0.211. The minimum atomic E-state index is 0.898. The number of rotatable bonds is 5. The quantitative estimate of drug-likeness (QED) is 0.572. The van der Waals surface area contributed by atoms with Crippen molar-refractivity contribution in [3.8, 4) is 0 Å². The Kier molecular flexibility index (Phi) is 3.85. The van der Waals surface area contributed by atoms with Crippen LogP contribution >= 0.6 is 11.3 Å². The van der Waals surface area contributed by atoms with Crippen molar-refractivity contribution in [3.05, 3.63) is 65.3 Å². The van der Waals surface area contributed by atoms with Gasteiger partial charge in [0.25, 0.3) is 0 Å². The minimum absolute atomic E-state index is 0.898. The van der Waals surface area contributed by atoms with E-state index in [1.807, 2.05) is 0 Å². The molecule has 0 radical (unpaired) electrons. The van der Waals surface area contributed by atoms with Crippen molar-refractivity contribution >= 4 is 32.5 Å². The van der Waals surface area contributed by atoms with Crippen LogP contribution in [-0.4, -0.2) is 21.4 Å². The van der Waals surface area contributed by atoms with Crippen molar-refractivity contribution in [2.45, 2.75) is 20.0 Å². The fourth-order valence-corrected chi connectivity index (χ4v) is 3.97. The Morgan fingerprint density at radius 2 is 1.87 bits per heavy atom. The molecule has 2 heterocycles. The van der Waals surface area contributed by atoms with Gasteiger partial charge in [0.05, 0.1) is 16.8 Å². The normalized spacial score (nSPS) is 11.7. The van der Waals surface area contributed by atoms with E-state index in [0.717, 1.165) is 25.2 Å². The Hall–Kier alpha value is -2.17. The lowest BCUT2D eigenvalue weighted by Gasteiger charge is -2.18. The highest BCUT2D eigenvalue weighted by Crippen LogP contribution is 2.24. The number of benzene rings is 2. The van der Waals surface area contributed by atoms with Crippen LogP contribution in [-0.2, 0) is 13.1 Å². The number of para-hydroxylation sites is 2. The van der Waals surface area contributed by atoms with Crippen LogP contribution < -0.4 is 0 Å². The Bertz CT molecular complexity index is 905. The molecule has 116 valence electrons. The molecule has 2 aromatic heterocycles.